The van der Waals surface area contributed by atoms with Gasteiger partial charge < -0.3 is 5.73 Å². The van der Waals surface area contributed by atoms with Crippen molar-refractivity contribution >= 4 is 26.0 Å². The molecule has 0 saturated heterocycles. The summed E-state index contributed by atoms with van der Waals surface area (Å²) in [5.74, 6) is 0. The summed E-state index contributed by atoms with van der Waals surface area (Å²) in [5, 5.41) is 0. The van der Waals surface area contributed by atoms with Crippen molar-refractivity contribution < 1.29 is 8.42 Å². The van der Waals surface area contributed by atoms with Gasteiger partial charge in [-0.3, -0.25) is 0 Å². The third-order valence-corrected chi connectivity index (χ3v) is 4.44. The van der Waals surface area contributed by atoms with E-state index < -0.39 is 10.0 Å². The molecule has 0 aliphatic rings. The Labute approximate surface area is 98.0 Å². The summed E-state index contributed by atoms with van der Waals surface area (Å²) in [4.78, 5) is 0.227. The number of nitrogens with one attached hydrogen (secondary N) is 1. The largest absolute Gasteiger partial charge is 0.329 e. The summed E-state index contributed by atoms with van der Waals surface area (Å²) >= 11 is 3.19. The van der Waals surface area contributed by atoms with Crippen LogP contribution in [0.4, 0.5) is 0 Å². The van der Waals surface area contributed by atoms with Gasteiger partial charge >= 0.3 is 0 Å². The van der Waals surface area contributed by atoms with Crippen molar-refractivity contribution in [3.63, 3.8) is 0 Å². The van der Waals surface area contributed by atoms with Crippen LogP contribution in [0.5, 0.6) is 0 Å². The van der Waals surface area contributed by atoms with E-state index in [-0.39, 0.29) is 17.5 Å². The third-order valence-electron chi connectivity index (χ3n) is 1.84. The Morgan fingerprint density at radius 1 is 1.47 bits per heavy atom. The Bertz CT molecular complexity index is 433. The van der Waals surface area contributed by atoms with Crippen molar-refractivity contribution in [1.82, 2.24) is 4.72 Å². The first-order valence-corrected chi connectivity index (χ1v) is 6.72. The van der Waals surface area contributed by atoms with E-state index in [1.54, 1.807) is 25.1 Å². The quantitative estimate of drug-likeness (QED) is 0.872. The SMILES string of the molecule is CC(CN)NS(=O)(=O)c1ccccc1Br. The Morgan fingerprint density at radius 2 is 2.07 bits per heavy atom. The summed E-state index contributed by atoms with van der Waals surface area (Å²) in [6.45, 7) is 1.98. The molecule has 0 saturated carbocycles. The Kier molecular flexibility index (Phi) is 4.27. The molecule has 0 radical (unpaired) electrons. The number of hydrogen-bond acceptors (Lipinski definition) is 3. The molecule has 4 nitrogen and oxygen atoms in total. The number of benzene rings is 1. The highest BCUT2D eigenvalue weighted by atomic mass is 79.9. The number of sulfonamides is 1. The molecule has 3 N–H and O–H groups in total. The predicted octanol–water partition coefficient (Wildman–Crippen LogP) is 1.07. The zero-order valence-electron chi connectivity index (χ0n) is 8.27. The first-order valence-electron chi connectivity index (χ1n) is 4.44. The minimum atomic E-state index is -3.48. The highest BCUT2D eigenvalue weighted by Crippen LogP contribution is 2.20. The topological polar surface area (TPSA) is 72.2 Å². The molecule has 15 heavy (non-hydrogen) atoms. The summed E-state index contributed by atoms with van der Waals surface area (Å²) < 4.78 is 26.7. The van der Waals surface area contributed by atoms with Crippen LogP contribution in [0, 0.1) is 0 Å². The van der Waals surface area contributed by atoms with E-state index in [0.29, 0.717) is 4.47 Å². The molecule has 0 heterocycles. The zero-order valence-corrected chi connectivity index (χ0v) is 10.7. The predicted molar refractivity (Wildman–Crippen MR) is 63.0 cm³/mol. The van der Waals surface area contributed by atoms with Crippen molar-refractivity contribution in [1.29, 1.82) is 0 Å². The van der Waals surface area contributed by atoms with E-state index in [1.807, 2.05) is 0 Å². The molecule has 1 aromatic rings. The van der Waals surface area contributed by atoms with Crippen LogP contribution in [0.25, 0.3) is 0 Å². The van der Waals surface area contributed by atoms with Crippen molar-refractivity contribution in [2.75, 3.05) is 6.54 Å². The van der Waals surface area contributed by atoms with E-state index in [4.69, 9.17) is 5.73 Å². The molecule has 0 spiro atoms. The summed E-state index contributed by atoms with van der Waals surface area (Å²) in [6.07, 6.45) is 0. The van der Waals surface area contributed by atoms with Crippen LogP contribution in [0.1, 0.15) is 6.92 Å². The molecule has 0 aromatic heterocycles. The van der Waals surface area contributed by atoms with Crippen molar-refractivity contribution in [3.8, 4) is 0 Å². The highest BCUT2D eigenvalue weighted by Gasteiger charge is 2.18. The molecule has 0 bridgehead atoms. The molecule has 1 aromatic carbocycles. The fraction of sp³-hybridized carbons (Fsp3) is 0.333. The van der Waals surface area contributed by atoms with E-state index in [1.165, 1.54) is 6.07 Å². The van der Waals surface area contributed by atoms with Crippen LogP contribution >= 0.6 is 15.9 Å². The molecule has 1 atom stereocenters. The van der Waals surface area contributed by atoms with E-state index in [9.17, 15) is 8.42 Å². The Hall–Kier alpha value is -0.430. The third kappa shape index (κ3) is 3.27. The smallest absolute Gasteiger partial charge is 0.241 e. The lowest BCUT2D eigenvalue weighted by atomic mass is 10.4. The molecule has 1 rings (SSSR count). The average Bonchev–Trinajstić information content (AvgIpc) is 2.17. The minimum Gasteiger partial charge on any atom is -0.329 e. The van der Waals surface area contributed by atoms with Gasteiger partial charge in [0.1, 0.15) is 0 Å². The lowest BCUT2D eigenvalue weighted by molar-refractivity contribution is 0.562. The fourth-order valence-corrected chi connectivity index (χ4v) is 3.30. The van der Waals surface area contributed by atoms with Crippen molar-refractivity contribution in [2.45, 2.75) is 17.9 Å². The molecule has 0 fully saturated rings. The van der Waals surface area contributed by atoms with Gasteiger partial charge in [-0.05, 0) is 35.0 Å². The van der Waals surface area contributed by atoms with Gasteiger partial charge in [0, 0.05) is 17.1 Å². The molecular formula is C9H13BrN2O2S. The first-order chi connectivity index (χ1) is 6.97. The molecule has 1 unspecified atom stereocenters. The summed E-state index contributed by atoms with van der Waals surface area (Å²) in [7, 11) is -3.48. The van der Waals surface area contributed by atoms with Gasteiger partial charge in [-0.2, -0.15) is 0 Å². The first kappa shape index (κ1) is 12.6. The van der Waals surface area contributed by atoms with E-state index >= 15 is 0 Å². The average molecular weight is 293 g/mol. The summed E-state index contributed by atoms with van der Waals surface area (Å²) in [6, 6.07) is 6.38. The van der Waals surface area contributed by atoms with Gasteiger partial charge in [0.05, 0.1) is 4.90 Å². The normalized spacial score (nSPS) is 13.8. The molecule has 6 heteroatoms. The number of halogens is 1. The van der Waals surface area contributed by atoms with Crippen LogP contribution in [0.2, 0.25) is 0 Å². The Morgan fingerprint density at radius 3 is 2.60 bits per heavy atom. The van der Waals surface area contributed by atoms with Crippen LogP contribution in [-0.2, 0) is 10.0 Å². The lowest BCUT2D eigenvalue weighted by Crippen LogP contribution is -2.37. The number of hydrogen-bond donors (Lipinski definition) is 2. The number of rotatable bonds is 4. The van der Waals surface area contributed by atoms with Crippen LogP contribution in [0.3, 0.4) is 0 Å². The van der Waals surface area contributed by atoms with Gasteiger partial charge in [0.2, 0.25) is 10.0 Å². The van der Waals surface area contributed by atoms with Crippen LogP contribution < -0.4 is 10.5 Å². The maximum absolute atomic E-state index is 11.8. The highest BCUT2D eigenvalue weighted by molar-refractivity contribution is 9.10. The fourth-order valence-electron chi connectivity index (χ4n) is 1.04. The van der Waals surface area contributed by atoms with E-state index in [0.717, 1.165) is 0 Å². The lowest BCUT2D eigenvalue weighted by Gasteiger charge is -2.12. The Balaban J connectivity index is 3.02. The van der Waals surface area contributed by atoms with Crippen LogP contribution in [-0.4, -0.2) is 21.0 Å². The molecule has 0 aliphatic carbocycles. The van der Waals surface area contributed by atoms with Gasteiger partial charge in [0.25, 0.3) is 0 Å². The zero-order chi connectivity index (χ0) is 11.5. The monoisotopic (exact) mass is 292 g/mol. The van der Waals surface area contributed by atoms with Gasteiger partial charge in [-0.15, -0.1) is 0 Å². The van der Waals surface area contributed by atoms with Gasteiger partial charge in [0.15, 0.2) is 0 Å². The molecule has 84 valence electrons. The maximum Gasteiger partial charge on any atom is 0.241 e. The second-order valence-electron chi connectivity index (χ2n) is 3.19. The minimum absolute atomic E-state index is 0.227. The van der Waals surface area contributed by atoms with Gasteiger partial charge in [-0.1, -0.05) is 12.1 Å². The second-order valence-corrected chi connectivity index (χ2v) is 5.73. The molecular weight excluding hydrogens is 280 g/mol. The molecule has 0 aliphatic heterocycles. The van der Waals surface area contributed by atoms with Crippen LogP contribution in [0.15, 0.2) is 33.6 Å². The molecule has 0 amide bonds. The van der Waals surface area contributed by atoms with Crippen molar-refractivity contribution in [3.05, 3.63) is 28.7 Å². The van der Waals surface area contributed by atoms with Gasteiger partial charge in [-0.25, -0.2) is 13.1 Å². The number of nitrogens with two attached hydrogens (primary N) is 1. The summed E-state index contributed by atoms with van der Waals surface area (Å²) in [5.41, 5.74) is 5.36. The maximum atomic E-state index is 11.8. The second kappa shape index (κ2) is 5.07. The standard InChI is InChI=1S/C9H13BrN2O2S/c1-7(6-11)12-15(13,14)9-5-3-2-4-8(9)10/h2-5,7,12H,6,11H2,1H3. The van der Waals surface area contributed by atoms with E-state index in [2.05, 4.69) is 20.7 Å². The van der Waals surface area contributed by atoms with Crippen molar-refractivity contribution in [2.24, 2.45) is 5.73 Å².